The largest absolute Gasteiger partial charge is 0.408 e. The molecule has 146 valence electrons. The van der Waals surface area contributed by atoms with Crippen molar-refractivity contribution in [2.24, 2.45) is 0 Å². The molecule has 3 aromatic rings. The van der Waals surface area contributed by atoms with Crippen LogP contribution < -0.4 is 10.2 Å². The third kappa shape index (κ3) is 3.23. The molecule has 0 bridgehead atoms. The average molecular weight is 391 g/mol. The molecular weight excluding hydrogens is 375 g/mol. The molecule has 11 heteroatoms. The molecule has 1 aliphatic heterocycles. The zero-order valence-electron chi connectivity index (χ0n) is 14.8. The van der Waals surface area contributed by atoms with Crippen molar-refractivity contribution in [2.75, 3.05) is 16.8 Å². The number of fused-ring (bicyclic) bond motifs is 1. The molecule has 8 nitrogen and oxygen atoms in total. The molecule has 0 aromatic carbocycles. The number of aromatic nitrogens is 5. The lowest BCUT2D eigenvalue weighted by Gasteiger charge is -2.27. The molecule has 0 saturated carbocycles. The maximum absolute atomic E-state index is 13.3. The second-order valence-corrected chi connectivity index (χ2v) is 6.47. The lowest BCUT2D eigenvalue weighted by molar-refractivity contribution is -0.146. The molecule has 1 fully saturated rings. The van der Waals surface area contributed by atoms with E-state index in [0.717, 1.165) is 0 Å². The van der Waals surface area contributed by atoms with Crippen LogP contribution in [0.25, 0.3) is 5.65 Å². The number of hydrogen-bond acceptors (Lipinski definition) is 6. The van der Waals surface area contributed by atoms with Gasteiger partial charge in [-0.25, -0.2) is 9.50 Å². The van der Waals surface area contributed by atoms with E-state index in [4.69, 9.17) is 0 Å². The smallest absolute Gasteiger partial charge is 0.344 e. The fraction of sp³-hybridized carbons (Fsp3) is 0.353. The van der Waals surface area contributed by atoms with Gasteiger partial charge in [-0.2, -0.15) is 23.4 Å². The number of alkyl halides is 3. The van der Waals surface area contributed by atoms with Gasteiger partial charge in [0.15, 0.2) is 11.5 Å². The van der Waals surface area contributed by atoms with E-state index in [-0.39, 0.29) is 35.8 Å². The molecule has 0 unspecified atom stereocenters. The minimum Gasteiger partial charge on any atom is -0.344 e. The topological polar surface area (TPSA) is 88.3 Å². The molecule has 1 amide bonds. The Labute approximate surface area is 157 Å². The highest BCUT2D eigenvalue weighted by atomic mass is 19.4. The van der Waals surface area contributed by atoms with Crippen molar-refractivity contribution in [3.05, 3.63) is 41.9 Å². The number of carbonyl (C=O) groups is 1. The first kappa shape index (κ1) is 18.1. The molecule has 0 spiro atoms. The van der Waals surface area contributed by atoms with Crippen molar-refractivity contribution in [1.29, 1.82) is 0 Å². The van der Waals surface area contributed by atoms with Gasteiger partial charge >= 0.3 is 6.18 Å². The lowest BCUT2D eigenvalue weighted by atomic mass is 10.2. The van der Waals surface area contributed by atoms with E-state index in [2.05, 4.69) is 25.6 Å². The predicted octanol–water partition coefficient (Wildman–Crippen LogP) is 2.61. The number of anilines is 2. The van der Waals surface area contributed by atoms with E-state index in [1.54, 1.807) is 19.1 Å². The van der Waals surface area contributed by atoms with Crippen LogP contribution in [0, 0.1) is 6.92 Å². The van der Waals surface area contributed by atoms with Gasteiger partial charge in [-0.1, -0.05) is 0 Å². The van der Waals surface area contributed by atoms with Gasteiger partial charge in [-0.3, -0.25) is 4.79 Å². The highest BCUT2D eigenvalue weighted by molar-refractivity contribution is 6.08. The summed E-state index contributed by atoms with van der Waals surface area (Å²) in [6.45, 7) is 1.88. The van der Waals surface area contributed by atoms with Gasteiger partial charge in [-0.05, 0) is 38.0 Å². The first-order valence-corrected chi connectivity index (χ1v) is 8.63. The summed E-state index contributed by atoms with van der Waals surface area (Å²) >= 11 is 0. The zero-order chi connectivity index (χ0) is 19.9. The summed E-state index contributed by atoms with van der Waals surface area (Å²) < 4.78 is 41.3. The van der Waals surface area contributed by atoms with Crippen LogP contribution >= 0.6 is 0 Å². The van der Waals surface area contributed by atoms with Crippen molar-refractivity contribution in [2.45, 2.75) is 32.0 Å². The molecule has 1 atom stereocenters. The number of carbonyl (C=O) groups excluding carboxylic acids is 1. The average Bonchev–Trinajstić information content (AvgIpc) is 3.25. The molecule has 0 radical (unpaired) electrons. The summed E-state index contributed by atoms with van der Waals surface area (Å²) in [4.78, 5) is 18.3. The highest BCUT2D eigenvalue weighted by Gasteiger charge is 2.46. The number of halogens is 3. The Bertz CT molecular complexity index is 1020. The van der Waals surface area contributed by atoms with Crippen molar-refractivity contribution in [3.63, 3.8) is 0 Å². The Hall–Kier alpha value is -3.24. The van der Waals surface area contributed by atoms with Gasteiger partial charge in [0.05, 0.1) is 5.69 Å². The summed E-state index contributed by atoms with van der Waals surface area (Å²) in [6, 6.07) is 3.09. The van der Waals surface area contributed by atoms with Crippen LogP contribution in [-0.4, -0.2) is 49.5 Å². The van der Waals surface area contributed by atoms with Crippen LogP contribution in [0.1, 0.15) is 28.9 Å². The number of hydrogen-bond donors (Lipinski definition) is 1. The zero-order valence-corrected chi connectivity index (χ0v) is 14.8. The van der Waals surface area contributed by atoms with Crippen molar-refractivity contribution in [1.82, 2.24) is 24.8 Å². The standard InChI is InChI=1S/C17H16F3N7O/c1-10-14(16(28)22-12-5-2-7-21-24-12)15-23-13(6-9-27(15)25-10)26-8-3-4-11(26)17(18,19)20/h2,5-7,9,11H,3-4,8H2,1H3,(H,22,24,28)/t11-/m1/s1. The van der Waals surface area contributed by atoms with Crippen LogP contribution in [-0.2, 0) is 0 Å². The maximum atomic E-state index is 13.3. The van der Waals surface area contributed by atoms with Gasteiger partial charge in [0, 0.05) is 18.9 Å². The number of amides is 1. The molecule has 0 aliphatic carbocycles. The molecule has 4 rings (SSSR count). The quantitative estimate of drug-likeness (QED) is 0.738. The van der Waals surface area contributed by atoms with E-state index < -0.39 is 18.1 Å². The number of rotatable bonds is 3. The second-order valence-electron chi connectivity index (χ2n) is 6.47. The summed E-state index contributed by atoms with van der Waals surface area (Å²) in [6.07, 6.45) is -0.913. The van der Waals surface area contributed by atoms with Gasteiger partial charge in [-0.15, -0.1) is 5.10 Å². The fourth-order valence-corrected chi connectivity index (χ4v) is 3.38. The number of nitrogens with zero attached hydrogens (tertiary/aromatic N) is 6. The molecule has 1 saturated heterocycles. The van der Waals surface area contributed by atoms with E-state index in [1.807, 2.05) is 0 Å². The summed E-state index contributed by atoms with van der Waals surface area (Å²) in [5, 5.41) is 14.3. The highest BCUT2D eigenvalue weighted by Crippen LogP contribution is 2.35. The molecular formula is C17H16F3N7O. The Morgan fingerprint density at radius 2 is 2.14 bits per heavy atom. The normalized spacial score (nSPS) is 17.3. The van der Waals surface area contributed by atoms with Crippen molar-refractivity contribution < 1.29 is 18.0 Å². The molecule has 1 aliphatic rings. The maximum Gasteiger partial charge on any atom is 0.408 e. The first-order chi connectivity index (χ1) is 13.3. The minimum atomic E-state index is -4.34. The summed E-state index contributed by atoms with van der Waals surface area (Å²) in [5.74, 6) is -0.0914. The van der Waals surface area contributed by atoms with Crippen LogP contribution in [0.3, 0.4) is 0 Å². The fourth-order valence-electron chi connectivity index (χ4n) is 3.38. The lowest BCUT2D eigenvalue weighted by Crippen LogP contribution is -2.41. The third-order valence-corrected chi connectivity index (χ3v) is 4.61. The van der Waals surface area contributed by atoms with Crippen molar-refractivity contribution >= 4 is 23.2 Å². The molecule has 1 N–H and O–H groups in total. The van der Waals surface area contributed by atoms with Crippen LogP contribution in [0.5, 0.6) is 0 Å². The second kappa shape index (κ2) is 6.73. The SMILES string of the molecule is Cc1nn2ccc(N3CCC[C@@H]3C(F)(F)F)nc2c1C(=O)Nc1cccnn1. The number of aryl methyl sites for hydroxylation is 1. The Morgan fingerprint density at radius 3 is 2.86 bits per heavy atom. The third-order valence-electron chi connectivity index (χ3n) is 4.61. The van der Waals surface area contributed by atoms with Crippen molar-refractivity contribution in [3.8, 4) is 0 Å². The Morgan fingerprint density at radius 1 is 1.32 bits per heavy atom. The van der Waals surface area contributed by atoms with E-state index >= 15 is 0 Å². The first-order valence-electron chi connectivity index (χ1n) is 8.63. The molecule has 28 heavy (non-hydrogen) atoms. The summed E-state index contributed by atoms with van der Waals surface area (Å²) in [5.41, 5.74) is 0.763. The van der Waals surface area contributed by atoms with Crippen LogP contribution in [0.15, 0.2) is 30.6 Å². The Kier molecular flexibility index (Phi) is 4.36. The van der Waals surface area contributed by atoms with Gasteiger partial charge in [0.25, 0.3) is 5.91 Å². The predicted molar refractivity (Wildman–Crippen MR) is 94.1 cm³/mol. The van der Waals surface area contributed by atoms with E-state index in [0.29, 0.717) is 12.1 Å². The van der Waals surface area contributed by atoms with Crippen LogP contribution in [0.2, 0.25) is 0 Å². The monoisotopic (exact) mass is 391 g/mol. The molecule has 3 aromatic heterocycles. The van der Waals surface area contributed by atoms with E-state index in [9.17, 15) is 18.0 Å². The van der Waals surface area contributed by atoms with Gasteiger partial charge in [0.1, 0.15) is 17.4 Å². The number of nitrogens with one attached hydrogen (secondary N) is 1. The Balaban J connectivity index is 1.71. The van der Waals surface area contributed by atoms with Gasteiger partial charge in [0.2, 0.25) is 0 Å². The molecule has 4 heterocycles. The summed E-state index contributed by atoms with van der Waals surface area (Å²) in [7, 11) is 0. The minimum absolute atomic E-state index is 0.0225. The van der Waals surface area contributed by atoms with E-state index in [1.165, 1.54) is 27.9 Å². The van der Waals surface area contributed by atoms with Gasteiger partial charge < -0.3 is 10.2 Å². The van der Waals surface area contributed by atoms with Crippen LogP contribution in [0.4, 0.5) is 24.8 Å².